The quantitative estimate of drug-likeness (QED) is 0.0183. The Labute approximate surface area is 350 Å². The van der Waals surface area contributed by atoms with Gasteiger partial charge in [0.2, 0.25) is 47.3 Å². The number of likely N-dealkylation sites (tertiary alicyclic amines) is 1. The van der Waals surface area contributed by atoms with Gasteiger partial charge in [-0.2, -0.15) is 0 Å². The minimum Gasteiger partial charge on any atom is -0.395 e. The van der Waals surface area contributed by atoms with Crippen molar-refractivity contribution in [3.63, 3.8) is 0 Å². The number of hydrogen-bond donors (Lipinski definition) is 10. The summed E-state index contributed by atoms with van der Waals surface area (Å²) in [6, 6.07) is -2.36. The molecule has 24 heteroatoms. The van der Waals surface area contributed by atoms with Gasteiger partial charge in [0.25, 0.3) is 0 Å². The highest BCUT2D eigenvalue weighted by molar-refractivity contribution is 8.76. The van der Waals surface area contributed by atoms with E-state index in [1.54, 1.807) is 21.6 Å². The minimum absolute atomic E-state index is 0.00413. The van der Waals surface area contributed by atoms with Gasteiger partial charge in [0.15, 0.2) is 0 Å². The molecule has 0 bridgehead atoms. The van der Waals surface area contributed by atoms with Gasteiger partial charge in [0.05, 0.1) is 31.7 Å². The average molecular weight is 882 g/mol. The summed E-state index contributed by atoms with van der Waals surface area (Å²) in [5.41, 5.74) is 0. The number of urea groups is 1. The molecule has 0 spiro atoms. The summed E-state index contributed by atoms with van der Waals surface area (Å²) in [7, 11) is 3.15. The third-order valence-electron chi connectivity index (χ3n) is 7.76. The molecule has 330 valence electrons. The van der Waals surface area contributed by atoms with E-state index in [1.165, 1.54) is 13.8 Å². The van der Waals surface area contributed by atoms with Crippen LogP contribution in [0.25, 0.3) is 0 Å². The molecule has 3 unspecified atom stereocenters. The molecule has 3 atom stereocenters. The Balaban J connectivity index is 2.44. The molecule has 0 aromatic rings. The number of aliphatic hydroxyl groups excluding tert-OH is 2. The maximum atomic E-state index is 13.1. The molecule has 21 nitrogen and oxygen atoms in total. The molecule has 1 heterocycles. The van der Waals surface area contributed by atoms with E-state index in [0.29, 0.717) is 31.7 Å². The lowest BCUT2D eigenvalue weighted by molar-refractivity contribution is -0.139. The Kier molecular flexibility index (Phi) is 28.8. The number of unbranched alkanes of at least 4 members (excludes halogenated alkanes) is 1. The molecule has 1 aliphatic heterocycles. The van der Waals surface area contributed by atoms with Crippen LogP contribution in [0, 0.1) is 0 Å². The molecule has 1 saturated heterocycles. The van der Waals surface area contributed by atoms with E-state index >= 15 is 0 Å². The molecule has 0 saturated carbocycles. The van der Waals surface area contributed by atoms with E-state index in [-0.39, 0.29) is 102 Å². The molecule has 58 heavy (non-hydrogen) atoms. The third-order valence-corrected chi connectivity index (χ3v) is 11.5. The molecular formula is C34H59N9O12S3. The van der Waals surface area contributed by atoms with E-state index in [2.05, 4.69) is 42.5 Å². The standard InChI is InChI=1S/C34H59N9O12S3/c1-23(46)35-12-19-57-58-20-13-40-34(54)39-9-6-28(48)36-8-4-3-5-25(31(51)37-10-15-44)42-29(49)7-14-43-30(50)21-27(33(43)53)56-22-26(41-24(2)47)32(52)38-11-17-55-18-16-45/h25-27,44-45H,3-22H2,1-2H3,(H,35,46)(H,36,48)(H,37,51)(H,38,52)(H,41,47)(H,42,49)(H2,39,40,54). The lowest BCUT2D eigenvalue weighted by Crippen LogP contribution is -2.48. The molecule has 1 fully saturated rings. The van der Waals surface area contributed by atoms with Crippen LogP contribution in [-0.2, 0) is 43.1 Å². The second-order valence-electron chi connectivity index (χ2n) is 12.6. The summed E-state index contributed by atoms with van der Waals surface area (Å²) >= 11 is 1.03. The van der Waals surface area contributed by atoms with Crippen molar-refractivity contribution in [2.45, 2.75) is 69.7 Å². The number of amides is 10. The summed E-state index contributed by atoms with van der Waals surface area (Å²) in [4.78, 5) is 112. The van der Waals surface area contributed by atoms with Crippen LogP contribution in [0.4, 0.5) is 4.79 Å². The SMILES string of the molecule is CC(=O)NCCSSCCNC(=O)NCCC(=O)NCCCCC(NC(=O)CCN1C(=O)CC(SCC(NC(C)=O)C(=O)NCCOCCO)C1=O)C(=O)NCCO. The highest BCUT2D eigenvalue weighted by atomic mass is 33.1. The molecule has 1 rings (SSSR count). The number of carbonyl (C=O) groups excluding carboxylic acids is 9. The second-order valence-corrected chi connectivity index (χ2v) is 16.5. The van der Waals surface area contributed by atoms with Gasteiger partial charge in [0.1, 0.15) is 12.1 Å². The highest BCUT2D eigenvalue weighted by Crippen LogP contribution is 2.26. The first-order chi connectivity index (χ1) is 27.8. The van der Waals surface area contributed by atoms with Crippen LogP contribution in [0.5, 0.6) is 0 Å². The monoisotopic (exact) mass is 881 g/mol. The topological polar surface area (TPSA) is 303 Å². The van der Waals surface area contributed by atoms with Gasteiger partial charge < -0.3 is 57.5 Å². The second kappa shape index (κ2) is 32.1. The van der Waals surface area contributed by atoms with Crippen LogP contribution >= 0.6 is 33.3 Å². The summed E-state index contributed by atoms with van der Waals surface area (Å²) in [5.74, 6) is -2.08. The molecule has 0 radical (unpaired) electrons. The van der Waals surface area contributed by atoms with Crippen molar-refractivity contribution in [1.82, 2.24) is 47.4 Å². The molecule has 1 aliphatic rings. The first kappa shape index (κ1) is 52.2. The smallest absolute Gasteiger partial charge is 0.314 e. The Morgan fingerprint density at radius 1 is 0.707 bits per heavy atom. The summed E-state index contributed by atoms with van der Waals surface area (Å²) in [5, 5.41) is 38.1. The summed E-state index contributed by atoms with van der Waals surface area (Å²) in [6.45, 7) is 3.76. The van der Waals surface area contributed by atoms with Gasteiger partial charge in [0, 0.05) is 96.2 Å². The van der Waals surface area contributed by atoms with Crippen molar-refractivity contribution in [3.05, 3.63) is 0 Å². The number of imide groups is 1. The van der Waals surface area contributed by atoms with Crippen LogP contribution in [0.2, 0.25) is 0 Å². The largest absolute Gasteiger partial charge is 0.395 e. The predicted molar refractivity (Wildman–Crippen MR) is 219 cm³/mol. The van der Waals surface area contributed by atoms with Crippen LogP contribution in [-0.4, -0.2) is 175 Å². The van der Waals surface area contributed by atoms with Crippen molar-refractivity contribution in [1.29, 1.82) is 0 Å². The number of aliphatic hydroxyl groups is 2. The molecule has 0 aromatic carbocycles. The lowest BCUT2D eigenvalue weighted by Gasteiger charge is -2.20. The van der Waals surface area contributed by atoms with E-state index < -0.39 is 58.8 Å². The number of nitrogens with one attached hydrogen (secondary N) is 8. The van der Waals surface area contributed by atoms with E-state index in [1.807, 2.05) is 0 Å². The zero-order valence-electron chi connectivity index (χ0n) is 33.0. The predicted octanol–water partition coefficient (Wildman–Crippen LogP) is -3.05. The van der Waals surface area contributed by atoms with Crippen LogP contribution < -0.4 is 42.5 Å². The van der Waals surface area contributed by atoms with E-state index in [9.17, 15) is 43.2 Å². The first-order valence-electron chi connectivity index (χ1n) is 18.9. The van der Waals surface area contributed by atoms with Gasteiger partial charge in [-0.25, -0.2) is 4.79 Å². The van der Waals surface area contributed by atoms with Gasteiger partial charge >= 0.3 is 6.03 Å². The molecular weight excluding hydrogens is 823 g/mol. The first-order valence-corrected chi connectivity index (χ1v) is 22.5. The molecule has 0 aliphatic carbocycles. The van der Waals surface area contributed by atoms with Crippen molar-refractivity contribution >= 4 is 86.6 Å². The number of hydrogen-bond acceptors (Lipinski definition) is 15. The van der Waals surface area contributed by atoms with Gasteiger partial charge in [-0.1, -0.05) is 21.6 Å². The number of thioether (sulfide) groups is 1. The summed E-state index contributed by atoms with van der Waals surface area (Å²) in [6.07, 6.45) is 0.717. The van der Waals surface area contributed by atoms with Gasteiger partial charge in [-0.15, -0.1) is 11.8 Å². The molecule has 10 N–H and O–H groups in total. The zero-order chi connectivity index (χ0) is 43.1. The fourth-order valence-electron chi connectivity index (χ4n) is 4.98. The van der Waals surface area contributed by atoms with E-state index in [0.717, 1.165) is 22.4 Å². The Hall–Kier alpha value is -3.84. The van der Waals surface area contributed by atoms with E-state index in [4.69, 9.17) is 14.9 Å². The fraction of sp³-hybridized carbons (Fsp3) is 0.735. The van der Waals surface area contributed by atoms with Crippen LogP contribution in [0.15, 0.2) is 0 Å². The Morgan fingerprint density at radius 2 is 1.38 bits per heavy atom. The van der Waals surface area contributed by atoms with Crippen LogP contribution in [0.1, 0.15) is 52.4 Å². The highest BCUT2D eigenvalue weighted by Gasteiger charge is 2.39. The number of carbonyl (C=O) groups is 9. The van der Waals surface area contributed by atoms with Crippen molar-refractivity contribution in [2.75, 3.05) is 89.5 Å². The molecule has 10 amide bonds. The average Bonchev–Trinajstić information content (AvgIpc) is 3.45. The number of rotatable bonds is 32. The third kappa shape index (κ3) is 24.8. The maximum absolute atomic E-state index is 13.1. The number of ether oxygens (including phenoxy) is 1. The molecule has 0 aromatic heterocycles. The van der Waals surface area contributed by atoms with Crippen LogP contribution in [0.3, 0.4) is 0 Å². The number of nitrogens with zero attached hydrogens (tertiary/aromatic N) is 1. The normalized spacial score (nSPS) is 14.6. The van der Waals surface area contributed by atoms with Crippen molar-refractivity contribution < 1.29 is 58.1 Å². The maximum Gasteiger partial charge on any atom is 0.314 e. The zero-order valence-corrected chi connectivity index (χ0v) is 35.5. The Bertz CT molecular complexity index is 1350. The fourth-order valence-corrected chi connectivity index (χ4v) is 7.98. The Morgan fingerprint density at radius 3 is 2.05 bits per heavy atom. The van der Waals surface area contributed by atoms with Crippen molar-refractivity contribution in [2.24, 2.45) is 0 Å². The summed E-state index contributed by atoms with van der Waals surface area (Å²) < 4.78 is 5.10. The van der Waals surface area contributed by atoms with Gasteiger partial charge in [-0.05, 0) is 19.3 Å². The van der Waals surface area contributed by atoms with Gasteiger partial charge in [-0.3, -0.25) is 43.3 Å². The lowest BCUT2D eigenvalue weighted by atomic mass is 10.1. The van der Waals surface area contributed by atoms with Crippen molar-refractivity contribution in [3.8, 4) is 0 Å². The minimum atomic E-state index is -0.990.